The van der Waals surface area contributed by atoms with Crippen molar-refractivity contribution in [3.05, 3.63) is 83.9 Å². The predicted octanol–water partition coefficient (Wildman–Crippen LogP) is 4.76. The van der Waals surface area contributed by atoms with Gasteiger partial charge >= 0.3 is 0 Å². The van der Waals surface area contributed by atoms with Gasteiger partial charge in [0.15, 0.2) is 11.6 Å². The highest BCUT2D eigenvalue weighted by molar-refractivity contribution is 5.91. The highest BCUT2D eigenvalue weighted by Gasteiger charge is 2.08. The van der Waals surface area contributed by atoms with Crippen molar-refractivity contribution in [3.8, 4) is 17.1 Å². The van der Waals surface area contributed by atoms with Gasteiger partial charge in [-0.05, 0) is 48.9 Å². The average Bonchev–Trinajstić information content (AvgIpc) is 2.70. The van der Waals surface area contributed by atoms with E-state index in [1.165, 1.54) is 5.56 Å². The Bertz CT molecular complexity index is 1100. The second-order valence-electron chi connectivity index (χ2n) is 6.24. The number of aromatic hydroxyl groups is 1. The quantitative estimate of drug-likeness (QED) is 0.410. The summed E-state index contributed by atoms with van der Waals surface area (Å²) in [4.78, 5) is 9.35. The van der Waals surface area contributed by atoms with Crippen LogP contribution in [-0.4, -0.2) is 21.3 Å². The second kappa shape index (κ2) is 7.25. The monoisotopic (exact) mass is 354 g/mol. The zero-order chi connectivity index (χ0) is 18.6. The third-order valence-electron chi connectivity index (χ3n) is 4.19. The van der Waals surface area contributed by atoms with Crippen molar-refractivity contribution in [2.24, 2.45) is 5.10 Å². The van der Waals surface area contributed by atoms with Gasteiger partial charge in [-0.3, -0.25) is 5.43 Å². The molecular formula is C22H18N4O. The van der Waals surface area contributed by atoms with Crippen LogP contribution in [0.3, 0.4) is 0 Å². The lowest BCUT2D eigenvalue weighted by Crippen LogP contribution is -1.99. The first-order valence-electron chi connectivity index (χ1n) is 8.61. The molecule has 0 saturated carbocycles. The van der Waals surface area contributed by atoms with Crippen molar-refractivity contribution in [1.29, 1.82) is 0 Å². The van der Waals surface area contributed by atoms with Crippen molar-refractivity contribution in [1.82, 2.24) is 9.97 Å². The molecule has 4 aromatic rings. The summed E-state index contributed by atoms with van der Waals surface area (Å²) >= 11 is 0. The molecule has 132 valence electrons. The molecule has 0 amide bonds. The Morgan fingerprint density at radius 1 is 0.889 bits per heavy atom. The van der Waals surface area contributed by atoms with Crippen molar-refractivity contribution in [3.63, 3.8) is 0 Å². The van der Waals surface area contributed by atoms with Gasteiger partial charge in [0.1, 0.15) is 5.75 Å². The maximum atomic E-state index is 9.36. The van der Waals surface area contributed by atoms with E-state index in [-0.39, 0.29) is 5.75 Å². The number of aryl methyl sites for hydroxylation is 1. The van der Waals surface area contributed by atoms with E-state index in [1.54, 1.807) is 30.5 Å². The van der Waals surface area contributed by atoms with Crippen LogP contribution in [0.4, 0.5) is 5.82 Å². The molecule has 0 aliphatic carbocycles. The largest absolute Gasteiger partial charge is 0.508 e. The van der Waals surface area contributed by atoms with Crippen molar-refractivity contribution < 1.29 is 5.11 Å². The smallest absolute Gasteiger partial charge is 0.162 e. The van der Waals surface area contributed by atoms with Crippen LogP contribution < -0.4 is 5.43 Å². The van der Waals surface area contributed by atoms with Crippen LogP contribution in [0.15, 0.2) is 77.9 Å². The first-order chi connectivity index (χ1) is 13.2. The van der Waals surface area contributed by atoms with Crippen LogP contribution in [0.25, 0.3) is 22.3 Å². The normalized spacial score (nSPS) is 11.1. The molecule has 0 saturated heterocycles. The van der Waals surface area contributed by atoms with Gasteiger partial charge in [-0.25, -0.2) is 9.97 Å². The third kappa shape index (κ3) is 3.77. The van der Waals surface area contributed by atoms with E-state index >= 15 is 0 Å². The van der Waals surface area contributed by atoms with E-state index in [4.69, 9.17) is 0 Å². The molecular weight excluding hydrogens is 336 g/mol. The van der Waals surface area contributed by atoms with E-state index in [0.717, 1.165) is 22.0 Å². The highest BCUT2D eigenvalue weighted by Crippen LogP contribution is 2.25. The van der Waals surface area contributed by atoms with Gasteiger partial charge in [0.05, 0.1) is 11.7 Å². The standard InChI is InChI=1S/C22H18N4O/c1-15-6-10-17(11-7-15)21-24-20-5-3-2-4-19(20)22(25-21)26-23-14-16-8-12-18(27)13-9-16/h2-14,27H,1H3,(H,24,25,26). The fourth-order valence-corrected chi connectivity index (χ4v) is 2.72. The number of nitrogens with one attached hydrogen (secondary N) is 1. The minimum Gasteiger partial charge on any atom is -0.508 e. The molecule has 1 heterocycles. The molecule has 5 heteroatoms. The molecule has 0 aliphatic heterocycles. The molecule has 0 fully saturated rings. The summed E-state index contributed by atoms with van der Waals surface area (Å²) in [5.74, 6) is 1.52. The van der Waals surface area contributed by atoms with Crippen molar-refractivity contribution in [2.45, 2.75) is 6.92 Å². The number of hydrogen-bond donors (Lipinski definition) is 2. The lowest BCUT2D eigenvalue weighted by Gasteiger charge is -2.08. The van der Waals surface area contributed by atoms with Crippen LogP contribution >= 0.6 is 0 Å². The van der Waals surface area contributed by atoms with E-state index in [9.17, 15) is 5.11 Å². The van der Waals surface area contributed by atoms with Gasteiger partial charge in [-0.2, -0.15) is 5.10 Å². The summed E-state index contributed by atoms with van der Waals surface area (Å²) in [6, 6.07) is 22.8. The maximum absolute atomic E-state index is 9.36. The van der Waals surface area contributed by atoms with E-state index in [0.29, 0.717) is 11.6 Å². The minimum atomic E-state index is 0.227. The summed E-state index contributed by atoms with van der Waals surface area (Å²) in [5.41, 5.74) is 6.90. The number of phenols is 1. The van der Waals surface area contributed by atoms with Crippen LogP contribution in [0, 0.1) is 6.92 Å². The van der Waals surface area contributed by atoms with Gasteiger partial charge < -0.3 is 5.11 Å². The molecule has 4 rings (SSSR count). The summed E-state index contributed by atoms with van der Waals surface area (Å²) in [5, 5.41) is 14.6. The van der Waals surface area contributed by atoms with Crippen molar-refractivity contribution in [2.75, 3.05) is 5.43 Å². The Hall–Kier alpha value is -3.73. The number of nitrogens with zero attached hydrogens (tertiary/aromatic N) is 3. The van der Waals surface area contributed by atoms with Crippen LogP contribution in [-0.2, 0) is 0 Å². The van der Waals surface area contributed by atoms with Gasteiger partial charge in [-0.1, -0.05) is 42.0 Å². The molecule has 0 spiro atoms. The van der Waals surface area contributed by atoms with Gasteiger partial charge in [-0.15, -0.1) is 0 Å². The van der Waals surface area contributed by atoms with Crippen molar-refractivity contribution >= 4 is 22.9 Å². The number of fused-ring (bicyclic) bond motifs is 1. The van der Waals surface area contributed by atoms with E-state index in [1.807, 2.05) is 48.5 Å². The molecule has 27 heavy (non-hydrogen) atoms. The number of anilines is 1. The Kier molecular flexibility index (Phi) is 4.49. The maximum Gasteiger partial charge on any atom is 0.162 e. The molecule has 5 nitrogen and oxygen atoms in total. The summed E-state index contributed by atoms with van der Waals surface area (Å²) in [7, 11) is 0. The number of para-hydroxylation sites is 1. The summed E-state index contributed by atoms with van der Waals surface area (Å²) < 4.78 is 0. The van der Waals surface area contributed by atoms with Gasteiger partial charge in [0, 0.05) is 10.9 Å². The first kappa shape index (κ1) is 16.7. The minimum absolute atomic E-state index is 0.227. The molecule has 2 N–H and O–H groups in total. The van der Waals surface area contributed by atoms with E-state index in [2.05, 4.69) is 27.4 Å². The SMILES string of the molecule is Cc1ccc(-c2nc(NN=Cc3ccc(O)cc3)c3ccccc3n2)cc1. The summed E-state index contributed by atoms with van der Waals surface area (Å²) in [6.45, 7) is 2.05. The number of hydrazone groups is 1. The van der Waals surface area contributed by atoms with Crippen LogP contribution in [0.1, 0.15) is 11.1 Å². The highest BCUT2D eigenvalue weighted by atomic mass is 16.3. The fourth-order valence-electron chi connectivity index (χ4n) is 2.72. The van der Waals surface area contributed by atoms with E-state index < -0.39 is 0 Å². The molecule has 1 aromatic heterocycles. The number of aromatic nitrogens is 2. The second-order valence-corrected chi connectivity index (χ2v) is 6.24. The predicted molar refractivity (Wildman–Crippen MR) is 109 cm³/mol. The Labute approximate surface area is 157 Å². The fraction of sp³-hybridized carbons (Fsp3) is 0.0455. The Morgan fingerprint density at radius 3 is 2.41 bits per heavy atom. The Morgan fingerprint density at radius 2 is 1.63 bits per heavy atom. The van der Waals surface area contributed by atoms with Gasteiger partial charge in [0.25, 0.3) is 0 Å². The molecule has 0 atom stereocenters. The summed E-state index contributed by atoms with van der Waals surface area (Å²) in [6.07, 6.45) is 1.68. The van der Waals surface area contributed by atoms with Gasteiger partial charge in [0.2, 0.25) is 0 Å². The number of rotatable bonds is 4. The molecule has 0 radical (unpaired) electrons. The number of phenolic OH excluding ortho intramolecular Hbond substituents is 1. The molecule has 0 unspecified atom stereocenters. The number of hydrogen-bond acceptors (Lipinski definition) is 5. The molecule has 3 aromatic carbocycles. The van der Waals surface area contributed by atoms with Crippen LogP contribution in [0.5, 0.6) is 5.75 Å². The third-order valence-corrected chi connectivity index (χ3v) is 4.19. The topological polar surface area (TPSA) is 70.4 Å². The Balaban J connectivity index is 1.70. The van der Waals surface area contributed by atoms with Crippen LogP contribution in [0.2, 0.25) is 0 Å². The first-order valence-corrected chi connectivity index (χ1v) is 8.61. The zero-order valence-electron chi connectivity index (χ0n) is 14.8. The lowest BCUT2D eigenvalue weighted by atomic mass is 10.1. The molecule has 0 bridgehead atoms. The lowest BCUT2D eigenvalue weighted by molar-refractivity contribution is 0.475. The zero-order valence-corrected chi connectivity index (χ0v) is 14.8. The average molecular weight is 354 g/mol. The molecule has 0 aliphatic rings. The number of benzene rings is 3.